The summed E-state index contributed by atoms with van der Waals surface area (Å²) in [6, 6.07) is 0. The molecular formula is C13H23N3O. The third kappa shape index (κ3) is 3.30. The highest BCUT2D eigenvalue weighted by Gasteiger charge is 2.20. The molecule has 0 amide bonds. The van der Waals surface area contributed by atoms with Gasteiger partial charge in [-0.25, -0.2) is 0 Å². The van der Waals surface area contributed by atoms with Crippen LogP contribution in [0.1, 0.15) is 38.4 Å². The third-order valence-corrected chi connectivity index (χ3v) is 3.24. The van der Waals surface area contributed by atoms with E-state index in [1.54, 1.807) is 0 Å². The highest BCUT2D eigenvalue weighted by Crippen LogP contribution is 2.23. The summed E-state index contributed by atoms with van der Waals surface area (Å²) >= 11 is 0. The van der Waals surface area contributed by atoms with E-state index in [-0.39, 0.29) is 5.41 Å². The largest absolute Gasteiger partial charge is 0.381 e. The minimum absolute atomic E-state index is 0.129. The number of hydrogen-bond acceptors (Lipinski definition) is 3. The molecule has 2 rings (SSSR count). The fraction of sp³-hybridized carbons (Fsp3) is 0.769. The number of nitrogens with zero attached hydrogens (tertiary/aromatic N) is 1. The van der Waals surface area contributed by atoms with Crippen molar-refractivity contribution in [3.8, 4) is 0 Å². The van der Waals surface area contributed by atoms with Crippen LogP contribution in [0.4, 0.5) is 0 Å². The number of nitrogens with one attached hydrogen (secondary N) is 2. The predicted octanol–water partition coefficient (Wildman–Crippen LogP) is 1.83. The zero-order valence-corrected chi connectivity index (χ0v) is 11.0. The van der Waals surface area contributed by atoms with E-state index >= 15 is 0 Å². The highest BCUT2D eigenvalue weighted by atomic mass is 16.5. The van der Waals surface area contributed by atoms with E-state index in [2.05, 4.69) is 36.3 Å². The first-order valence-electron chi connectivity index (χ1n) is 6.38. The van der Waals surface area contributed by atoms with Crippen molar-refractivity contribution in [1.82, 2.24) is 15.5 Å². The van der Waals surface area contributed by atoms with E-state index < -0.39 is 0 Å². The smallest absolute Gasteiger partial charge is 0.0535 e. The second kappa shape index (κ2) is 5.19. The summed E-state index contributed by atoms with van der Waals surface area (Å²) in [7, 11) is 0. The van der Waals surface area contributed by atoms with Gasteiger partial charge in [-0.2, -0.15) is 5.10 Å². The second-order valence-electron chi connectivity index (χ2n) is 5.88. The standard InChI is InChI=1S/C13H23N3O/c1-13(2,3)12-11(8-15-16-12)7-14-6-10-4-5-17-9-10/h8,10,14H,4-7,9H2,1-3H3,(H,15,16)/t10-/m1/s1. The van der Waals surface area contributed by atoms with E-state index in [1.807, 2.05) is 6.20 Å². The van der Waals surface area contributed by atoms with Crippen LogP contribution in [0.2, 0.25) is 0 Å². The van der Waals surface area contributed by atoms with Crippen molar-refractivity contribution in [1.29, 1.82) is 0 Å². The molecular weight excluding hydrogens is 214 g/mol. The molecule has 0 unspecified atom stereocenters. The number of aromatic amines is 1. The van der Waals surface area contributed by atoms with Crippen molar-refractivity contribution in [2.45, 2.75) is 39.2 Å². The van der Waals surface area contributed by atoms with E-state index in [9.17, 15) is 0 Å². The average molecular weight is 237 g/mol. The molecule has 1 aliphatic rings. The summed E-state index contributed by atoms with van der Waals surface area (Å²) in [4.78, 5) is 0. The molecule has 96 valence electrons. The molecule has 1 aromatic rings. The van der Waals surface area contributed by atoms with Gasteiger partial charge in [0.05, 0.1) is 12.8 Å². The van der Waals surface area contributed by atoms with E-state index in [1.165, 1.54) is 17.7 Å². The lowest BCUT2D eigenvalue weighted by molar-refractivity contribution is 0.185. The maximum absolute atomic E-state index is 5.36. The van der Waals surface area contributed by atoms with Crippen LogP contribution in [0.3, 0.4) is 0 Å². The van der Waals surface area contributed by atoms with Crippen molar-refractivity contribution in [2.24, 2.45) is 5.92 Å². The molecule has 17 heavy (non-hydrogen) atoms. The molecule has 1 saturated heterocycles. The zero-order chi connectivity index (χ0) is 12.3. The summed E-state index contributed by atoms with van der Waals surface area (Å²) in [5.41, 5.74) is 2.63. The topological polar surface area (TPSA) is 49.9 Å². The first-order valence-corrected chi connectivity index (χ1v) is 6.38. The Labute approximate surface area is 103 Å². The van der Waals surface area contributed by atoms with Gasteiger partial charge in [0, 0.05) is 36.4 Å². The van der Waals surface area contributed by atoms with Crippen LogP contribution < -0.4 is 5.32 Å². The molecule has 4 nitrogen and oxygen atoms in total. The molecule has 1 fully saturated rings. The van der Waals surface area contributed by atoms with Crippen molar-refractivity contribution in [3.63, 3.8) is 0 Å². The monoisotopic (exact) mass is 237 g/mol. The third-order valence-electron chi connectivity index (χ3n) is 3.24. The molecule has 0 aliphatic carbocycles. The van der Waals surface area contributed by atoms with Crippen molar-refractivity contribution < 1.29 is 4.74 Å². The molecule has 2 N–H and O–H groups in total. The van der Waals surface area contributed by atoms with Gasteiger partial charge in [0.2, 0.25) is 0 Å². The van der Waals surface area contributed by atoms with Gasteiger partial charge in [-0.3, -0.25) is 5.10 Å². The Morgan fingerprint density at radius 2 is 2.35 bits per heavy atom. The van der Waals surface area contributed by atoms with Crippen LogP contribution in [0.25, 0.3) is 0 Å². The Hall–Kier alpha value is -0.870. The number of hydrogen-bond donors (Lipinski definition) is 2. The average Bonchev–Trinajstić information content (AvgIpc) is 2.86. The maximum Gasteiger partial charge on any atom is 0.0535 e. The van der Waals surface area contributed by atoms with Crippen molar-refractivity contribution in [2.75, 3.05) is 19.8 Å². The molecule has 0 spiro atoms. The number of ether oxygens (including phenoxy) is 1. The Kier molecular flexibility index (Phi) is 3.84. The fourth-order valence-corrected chi connectivity index (χ4v) is 2.25. The quantitative estimate of drug-likeness (QED) is 0.840. The van der Waals surface area contributed by atoms with Gasteiger partial charge in [0.15, 0.2) is 0 Å². The van der Waals surface area contributed by atoms with Gasteiger partial charge in [-0.05, 0) is 12.3 Å². The SMILES string of the molecule is CC(C)(C)c1[nH]ncc1CNC[C@H]1CCOC1. The fourth-order valence-electron chi connectivity index (χ4n) is 2.25. The number of rotatable bonds is 4. The van der Waals surface area contributed by atoms with Crippen LogP contribution >= 0.6 is 0 Å². The first kappa shape index (κ1) is 12.6. The van der Waals surface area contributed by atoms with Crippen LogP contribution in [-0.4, -0.2) is 30.0 Å². The summed E-state index contributed by atoms with van der Waals surface area (Å²) in [5, 5.41) is 10.8. The lowest BCUT2D eigenvalue weighted by atomic mass is 9.89. The van der Waals surface area contributed by atoms with Crippen LogP contribution in [0.5, 0.6) is 0 Å². The Morgan fingerprint density at radius 1 is 1.53 bits per heavy atom. The number of aromatic nitrogens is 2. The van der Waals surface area contributed by atoms with Crippen LogP contribution in [-0.2, 0) is 16.7 Å². The van der Waals surface area contributed by atoms with Gasteiger partial charge < -0.3 is 10.1 Å². The van der Waals surface area contributed by atoms with Crippen molar-refractivity contribution >= 4 is 0 Å². The van der Waals surface area contributed by atoms with Gasteiger partial charge >= 0.3 is 0 Å². The van der Waals surface area contributed by atoms with E-state index in [0.29, 0.717) is 5.92 Å². The Morgan fingerprint density at radius 3 is 3.00 bits per heavy atom. The Balaban J connectivity index is 1.84. The van der Waals surface area contributed by atoms with Gasteiger partial charge in [0.1, 0.15) is 0 Å². The minimum atomic E-state index is 0.129. The molecule has 0 saturated carbocycles. The summed E-state index contributed by atoms with van der Waals surface area (Å²) in [6.45, 7) is 10.4. The molecule has 1 atom stereocenters. The summed E-state index contributed by atoms with van der Waals surface area (Å²) in [5.74, 6) is 0.681. The van der Waals surface area contributed by atoms with E-state index in [0.717, 1.165) is 26.3 Å². The van der Waals surface area contributed by atoms with E-state index in [4.69, 9.17) is 4.74 Å². The first-order chi connectivity index (χ1) is 8.07. The molecule has 0 aromatic carbocycles. The second-order valence-corrected chi connectivity index (χ2v) is 5.88. The molecule has 0 radical (unpaired) electrons. The molecule has 4 heteroatoms. The highest BCUT2D eigenvalue weighted by molar-refractivity contribution is 5.23. The lowest BCUT2D eigenvalue weighted by Crippen LogP contribution is -2.24. The molecule has 1 aromatic heterocycles. The summed E-state index contributed by atoms with van der Waals surface area (Å²) < 4.78 is 5.36. The predicted molar refractivity (Wildman–Crippen MR) is 67.9 cm³/mol. The van der Waals surface area contributed by atoms with Crippen molar-refractivity contribution in [3.05, 3.63) is 17.5 Å². The number of H-pyrrole nitrogens is 1. The molecule has 1 aliphatic heterocycles. The van der Waals surface area contributed by atoms with Crippen LogP contribution in [0.15, 0.2) is 6.20 Å². The summed E-state index contributed by atoms with van der Waals surface area (Å²) in [6.07, 6.45) is 3.11. The Bertz CT molecular complexity index is 348. The maximum atomic E-state index is 5.36. The van der Waals surface area contributed by atoms with Gasteiger partial charge in [-0.1, -0.05) is 20.8 Å². The van der Waals surface area contributed by atoms with Gasteiger partial charge in [-0.15, -0.1) is 0 Å². The normalized spacial score (nSPS) is 21.0. The minimum Gasteiger partial charge on any atom is -0.381 e. The molecule has 0 bridgehead atoms. The van der Waals surface area contributed by atoms with Gasteiger partial charge in [0.25, 0.3) is 0 Å². The zero-order valence-electron chi connectivity index (χ0n) is 11.0. The van der Waals surface area contributed by atoms with Crippen LogP contribution in [0, 0.1) is 5.92 Å². The lowest BCUT2D eigenvalue weighted by Gasteiger charge is -2.19. The molecule has 2 heterocycles.